The molecule has 1 heterocycles. The van der Waals surface area contributed by atoms with Gasteiger partial charge in [-0.05, 0) is 43.5 Å². The Morgan fingerprint density at radius 3 is 2.79 bits per heavy atom. The molecule has 3 rings (SSSR count). The van der Waals surface area contributed by atoms with Crippen LogP contribution in [0.1, 0.15) is 29.6 Å². The first-order chi connectivity index (χ1) is 13.5. The molecule has 0 aromatic heterocycles. The SMILES string of the molecule is CN(C(=O)c1ccc(OCCN)cc1)[C@@H]1CCC[C@@H](N2CCNC(=O)C2)[C@@H]1O. The molecule has 28 heavy (non-hydrogen) atoms. The highest BCUT2D eigenvalue weighted by atomic mass is 16.5. The third kappa shape index (κ3) is 4.63. The van der Waals surface area contributed by atoms with E-state index < -0.39 is 6.10 Å². The van der Waals surface area contributed by atoms with E-state index >= 15 is 0 Å². The van der Waals surface area contributed by atoms with Crippen LogP contribution >= 0.6 is 0 Å². The number of carbonyl (C=O) groups excluding carboxylic acids is 2. The van der Waals surface area contributed by atoms with Crippen molar-refractivity contribution in [3.8, 4) is 5.75 Å². The van der Waals surface area contributed by atoms with Crippen LogP contribution in [0.15, 0.2) is 24.3 Å². The molecule has 0 bridgehead atoms. The largest absolute Gasteiger partial charge is 0.492 e. The van der Waals surface area contributed by atoms with Crippen LogP contribution in [0.3, 0.4) is 0 Å². The van der Waals surface area contributed by atoms with Gasteiger partial charge in [-0.3, -0.25) is 14.5 Å². The van der Waals surface area contributed by atoms with Crippen molar-refractivity contribution in [2.24, 2.45) is 5.73 Å². The second-order valence-electron chi connectivity index (χ2n) is 7.45. The molecular formula is C20H30N4O4. The molecule has 2 fully saturated rings. The van der Waals surface area contributed by atoms with Crippen LogP contribution in [0.25, 0.3) is 0 Å². The Morgan fingerprint density at radius 1 is 1.36 bits per heavy atom. The first-order valence-electron chi connectivity index (χ1n) is 9.90. The first-order valence-corrected chi connectivity index (χ1v) is 9.90. The number of nitrogens with one attached hydrogen (secondary N) is 1. The fourth-order valence-corrected chi connectivity index (χ4v) is 4.12. The number of piperazine rings is 1. The van der Waals surface area contributed by atoms with Gasteiger partial charge in [-0.25, -0.2) is 0 Å². The average molecular weight is 390 g/mol. The maximum atomic E-state index is 12.9. The summed E-state index contributed by atoms with van der Waals surface area (Å²) in [6.07, 6.45) is 1.81. The number of nitrogens with two attached hydrogens (primary N) is 1. The molecule has 0 spiro atoms. The fraction of sp³-hybridized carbons (Fsp3) is 0.600. The molecule has 1 saturated carbocycles. The summed E-state index contributed by atoms with van der Waals surface area (Å²) in [4.78, 5) is 28.3. The van der Waals surface area contributed by atoms with Gasteiger partial charge in [0.15, 0.2) is 0 Å². The van der Waals surface area contributed by atoms with Crippen molar-refractivity contribution in [3.63, 3.8) is 0 Å². The van der Waals surface area contributed by atoms with Crippen LogP contribution in [0, 0.1) is 0 Å². The van der Waals surface area contributed by atoms with Crippen molar-refractivity contribution in [1.82, 2.24) is 15.1 Å². The lowest BCUT2D eigenvalue weighted by Crippen LogP contribution is -2.61. The lowest BCUT2D eigenvalue weighted by atomic mass is 9.85. The second kappa shape index (κ2) is 9.36. The molecule has 0 radical (unpaired) electrons. The predicted octanol–water partition coefficient (Wildman–Crippen LogP) is -0.190. The highest BCUT2D eigenvalue weighted by Crippen LogP contribution is 2.28. The van der Waals surface area contributed by atoms with E-state index in [4.69, 9.17) is 10.5 Å². The summed E-state index contributed by atoms with van der Waals surface area (Å²) in [6, 6.07) is 6.59. The Balaban J connectivity index is 1.65. The zero-order valence-corrected chi connectivity index (χ0v) is 16.3. The van der Waals surface area contributed by atoms with E-state index in [1.807, 2.05) is 4.90 Å². The van der Waals surface area contributed by atoms with Crippen molar-refractivity contribution < 1.29 is 19.4 Å². The molecule has 1 saturated heterocycles. The third-order valence-corrected chi connectivity index (χ3v) is 5.63. The van der Waals surface area contributed by atoms with Gasteiger partial charge in [0.1, 0.15) is 12.4 Å². The number of likely N-dealkylation sites (N-methyl/N-ethyl adjacent to an activating group) is 1. The summed E-state index contributed by atoms with van der Waals surface area (Å²) >= 11 is 0. The molecule has 1 aliphatic heterocycles. The number of aliphatic hydroxyl groups excluding tert-OH is 1. The van der Waals surface area contributed by atoms with Gasteiger partial charge in [-0.1, -0.05) is 0 Å². The molecule has 3 atom stereocenters. The summed E-state index contributed by atoms with van der Waals surface area (Å²) in [7, 11) is 1.74. The van der Waals surface area contributed by atoms with Crippen LogP contribution in [0.4, 0.5) is 0 Å². The molecule has 8 nitrogen and oxygen atoms in total. The average Bonchev–Trinajstić information content (AvgIpc) is 2.72. The van der Waals surface area contributed by atoms with Gasteiger partial charge in [0.25, 0.3) is 5.91 Å². The number of hydrogen-bond acceptors (Lipinski definition) is 6. The summed E-state index contributed by atoms with van der Waals surface area (Å²) in [6.45, 7) is 2.48. The van der Waals surface area contributed by atoms with E-state index in [1.54, 1.807) is 36.2 Å². The van der Waals surface area contributed by atoms with Crippen molar-refractivity contribution in [3.05, 3.63) is 29.8 Å². The summed E-state index contributed by atoms with van der Waals surface area (Å²) in [5, 5.41) is 13.8. The minimum atomic E-state index is -0.680. The van der Waals surface area contributed by atoms with Crippen LogP contribution in [0.5, 0.6) is 5.75 Å². The number of rotatable bonds is 6. The molecule has 1 aromatic rings. The predicted molar refractivity (Wildman–Crippen MR) is 105 cm³/mol. The van der Waals surface area contributed by atoms with Crippen molar-refractivity contribution in [2.45, 2.75) is 37.5 Å². The molecule has 4 N–H and O–H groups in total. The zero-order chi connectivity index (χ0) is 20.1. The van der Waals surface area contributed by atoms with Gasteiger partial charge in [0, 0.05) is 38.3 Å². The number of benzene rings is 1. The summed E-state index contributed by atoms with van der Waals surface area (Å²) < 4.78 is 5.45. The van der Waals surface area contributed by atoms with Gasteiger partial charge in [0.2, 0.25) is 5.91 Å². The fourth-order valence-electron chi connectivity index (χ4n) is 4.12. The van der Waals surface area contributed by atoms with Crippen LogP contribution in [-0.4, -0.2) is 84.7 Å². The van der Waals surface area contributed by atoms with Crippen LogP contribution < -0.4 is 15.8 Å². The normalized spacial score (nSPS) is 25.8. The van der Waals surface area contributed by atoms with Crippen LogP contribution in [0.2, 0.25) is 0 Å². The first kappa shape index (κ1) is 20.6. The van der Waals surface area contributed by atoms with Gasteiger partial charge in [0.05, 0.1) is 18.7 Å². The Kier molecular flexibility index (Phi) is 6.88. The van der Waals surface area contributed by atoms with Gasteiger partial charge in [-0.15, -0.1) is 0 Å². The van der Waals surface area contributed by atoms with Gasteiger partial charge >= 0.3 is 0 Å². The number of amides is 2. The number of aliphatic hydroxyl groups is 1. The summed E-state index contributed by atoms with van der Waals surface area (Å²) in [5.41, 5.74) is 5.98. The molecule has 2 amide bonds. The van der Waals surface area contributed by atoms with Crippen molar-refractivity contribution in [1.29, 1.82) is 0 Å². The molecule has 1 aromatic carbocycles. The minimum absolute atomic E-state index is 0.0121. The van der Waals surface area contributed by atoms with E-state index in [9.17, 15) is 14.7 Å². The van der Waals surface area contributed by atoms with Gasteiger partial charge in [-0.2, -0.15) is 0 Å². The second-order valence-corrected chi connectivity index (χ2v) is 7.45. The highest BCUT2D eigenvalue weighted by molar-refractivity contribution is 5.94. The van der Waals surface area contributed by atoms with Crippen molar-refractivity contribution >= 4 is 11.8 Å². The standard InChI is InChI=1S/C20H30N4O4/c1-23(20(27)14-5-7-15(8-6-14)28-12-9-21)16-3-2-4-17(19(16)26)24-11-10-22-18(25)13-24/h5-8,16-17,19,26H,2-4,9-13,21H2,1H3,(H,22,25)/t16-,17-,19-/m1/s1. The molecule has 154 valence electrons. The minimum Gasteiger partial charge on any atom is -0.492 e. The molecule has 0 unspecified atom stereocenters. The monoisotopic (exact) mass is 390 g/mol. The number of hydrogen-bond donors (Lipinski definition) is 3. The topological polar surface area (TPSA) is 108 Å². The molecule has 1 aliphatic carbocycles. The third-order valence-electron chi connectivity index (χ3n) is 5.63. The maximum Gasteiger partial charge on any atom is 0.253 e. The van der Waals surface area contributed by atoms with E-state index in [0.717, 1.165) is 25.8 Å². The van der Waals surface area contributed by atoms with E-state index in [2.05, 4.69) is 5.32 Å². The van der Waals surface area contributed by atoms with Gasteiger partial charge < -0.3 is 25.8 Å². The van der Waals surface area contributed by atoms with E-state index in [1.165, 1.54) is 0 Å². The zero-order valence-electron chi connectivity index (χ0n) is 16.3. The quantitative estimate of drug-likeness (QED) is 0.621. The Bertz CT molecular complexity index is 681. The Hall–Kier alpha value is -2.16. The smallest absolute Gasteiger partial charge is 0.253 e. The van der Waals surface area contributed by atoms with Crippen LogP contribution in [-0.2, 0) is 4.79 Å². The lowest BCUT2D eigenvalue weighted by Gasteiger charge is -2.45. The number of carbonyl (C=O) groups is 2. The molecular weight excluding hydrogens is 360 g/mol. The highest BCUT2D eigenvalue weighted by Gasteiger charge is 2.40. The number of ether oxygens (including phenoxy) is 1. The van der Waals surface area contributed by atoms with E-state index in [0.29, 0.717) is 37.6 Å². The summed E-state index contributed by atoms with van der Waals surface area (Å²) in [5.74, 6) is 0.527. The molecule has 8 heteroatoms. The Morgan fingerprint density at radius 2 is 2.11 bits per heavy atom. The van der Waals surface area contributed by atoms with E-state index in [-0.39, 0.29) is 23.9 Å². The number of nitrogens with zero attached hydrogens (tertiary/aromatic N) is 2. The maximum absolute atomic E-state index is 12.9. The lowest BCUT2D eigenvalue weighted by molar-refractivity contribution is -0.127. The van der Waals surface area contributed by atoms with Crippen molar-refractivity contribution in [2.75, 3.05) is 39.8 Å². The Labute approximate surface area is 165 Å². The molecule has 2 aliphatic rings.